The predicted molar refractivity (Wildman–Crippen MR) is 66.0 cm³/mol. The van der Waals surface area contributed by atoms with E-state index in [9.17, 15) is 0 Å². The molecule has 0 bridgehead atoms. The Balaban J connectivity index is 1.77. The van der Waals surface area contributed by atoms with Gasteiger partial charge in [0.2, 0.25) is 0 Å². The van der Waals surface area contributed by atoms with E-state index in [4.69, 9.17) is 4.74 Å². The van der Waals surface area contributed by atoms with E-state index in [-0.39, 0.29) is 5.60 Å². The summed E-state index contributed by atoms with van der Waals surface area (Å²) in [7, 11) is 1.85. The van der Waals surface area contributed by atoms with E-state index in [1.165, 1.54) is 24.8 Å². The summed E-state index contributed by atoms with van der Waals surface area (Å²) in [6.07, 6.45) is 8.58. The quantitative estimate of drug-likeness (QED) is 0.748. The van der Waals surface area contributed by atoms with Crippen molar-refractivity contribution < 1.29 is 4.74 Å². The Labute approximate surface area is 97.1 Å². The molecule has 0 spiro atoms. The summed E-state index contributed by atoms with van der Waals surface area (Å²) < 4.78 is 5.75. The molecule has 0 amide bonds. The van der Waals surface area contributed by atoms with Crippen molar-refractivity contribution in [1.29, 1.82) is 0 Å². The zero-order chi connectivity index (χ0) is 11.0. The molecule has 0 radical (unpaired) electrons. The minimum Gasteiger partial charge on any atom is -0.374 e. The molecule has 2 saturated carbocycles. The van der Waals surface area contributed by atoms with E-state index in [2.05, 4.69) is 42.5 Å². The third kappa shape index (κ3) is 1.42. The predicted octanol–water partition coefficient (Wildman–Crippen LogP) is 3.51. The van der Waals surface area contributed by atoms with Crippen molar-refractivity contribution in [3.63, 3.8) is 0 Å². The van der Waals surface area contributed by atoms with E-state index in [1.54, 1.807) is 0 Å². The van der Waals surface area contributed by atoms with Gasteiger partial charge in [-0.15, -0.1) is 0 Å². The number of ether oxygens (including phenoxy) is 1. The lowest BCUT2D eigenvalue weighted by atomic mass is 10.1. The largest absolute Gasteiger partial charge is 0.374 e. The van der Waals surface area contributed by atoms with Crippen LogP contribution in [0.4, 0.5) is 0 Å². The van der Waals surface area contributed by atoms with Crippen molar-refractivity contribution in [3.05, 3.63) is 42.0 Å². The number of benzene rings is 1. The van der Waals surface area contributed by atoms with Crippen molar-refractivity contribution in [1.82, 2.24) is 0 Å². The lowest BCUT2D eigenvalue weighted by Gasteiger charge is -2.14. The molecule has 2 aliphatic rings. The van der Waals surface area contributed by atoms with Crippen LogP contribution in [0.1, 0.15) is 24.8 Å². The zero-order valence-electron chi connectivity index (χ0n) is 9.73. The van der Waals surface area contributed by atoms with Crippen molar-refractivity contribution >= 4 is 6.08 Å². The van der Waals surface area contributed by atoms with Gasteiger partial charge in [-0.2, -0.15) is 0 Å². The molecule has 1 heteroatoms. The SMILES string of the molecule is COC1(/C=C/c2ccccc2)C2CCCC21. The van der Waals surface area contributed by atoms with Crippen LogP contribution in [0.15, 0.2) is 36.4 Å². The Kier molecular flexibility index (Phi) is 2.36. The van der Waals surface area contributed by atoms with Crippen LogP contribution < -0.4 is 0 Å². The normalized spacial score (nSPS) is 36.6. The Bertz CT molecular complexity index is 383. The van der Waals surface area contributed by atoms with Crippen molar-refractivity contribution in [2.75, 3.05) is 7.11 Å². The van der Waals surface area contributed by atoms with Gasteiger partial charge in [-0.05, 0) is 30.2 Å². The van der Waals surface area contributed by atoms with Gasteiger partial charge in [-0.1, -0.05) is 48.9 Å². The van der Waals surface area contributed by atoms with E-state index in [0.29, 0.717) is 0 Å². The highest BCUT2D eigenvalue weighted by Gasteiger charge is 2.65. The minimum atomic E-state index is 0.0775. The summed E-state index contributed by atoms with van der Waals surface area (Å²) in [5.41, 5.74) is 1.34. The smallest absolute Gasteiger partial charge is 0.0925 e. The maximum Gasteiger partial charge on any atom is 0.0925 e. The van der Waals surface area contributed by atoms with Gasteiger partial charge in [0.15, 0.2) is 0 Å². The van der Waals surface area contributed by atoms with Crippen LogP contribution >= 0.6 is 0 Å². The first-order chi connectivity index (χ1) is 7.87. The molecule has 0 aliphatic heterocycles. The van der Waals surface area contributed by atoms with Crippen LogP contribution in [0.3, 0.4) is 0 Å². The first kappa shape index (κ1) is 10.1. The highest BCUT2D eigenvalue weighted by molar-refractivity contribution is 5.52. The Hall–Kier alpha value is -1.08. The molecule has 0 heterocycles. The number of hydrogen-bond acceptors (Lipinski definition) is 1. The van der Waals surface area contributed by atoms with Gasteiger partial charge in [-0.3, -0.25) is 0 Å². The second kappa shape index (κ2) is 3.74. The summed E-state index contributed by atoms with van der Waals surface area (Å²) in [6, 6.07) is 10.5. The number of fused-ring (bicyclic) bond motifs is 1. The third-order valence-corrected chi connectivity index (χ3v) is 4.26. The van der Waals surface area contributed by atoms with Gasteiger partial charge in [0.05, 0.1) is 5.60 Å². The fourth-order valence-corrected chi connectivity index (χ4v) is 3.35. The number of hydrogen-bond donors (Lipinski definition) is 0. The van der Waals surface area contributed by atoms with Crippen molar-refractivity contribution in [2.45, 2.75) is 24.9 Å². The van der Waals surface area contributed by atoms with E-state index >= 15 is 0 Å². The molecule has 0 saturated heterocycles. The van der Waals surface area contributed by atoms with Gasteiger partial charge in [0.25, 0.3) is 0 Å². The zero-order valence-corrected chi connectivity index (χ0v) is 9.73. The Morgan fingerprint density at radius 1 is 1.19 bits per heavy atom. The van der Waals surface area contributed by atoms with Gasteiger partial charge in [0, 0.05) is 7.11 Å². The molecular weight excluding hydrogens is 196 g/mol. The summed E-state index contributed by atoms with van der Waals surface area (Å²) in [4.78, 5) is 0. The molecule has 0 N–H and O–H groups in total. The maximum atomic E-state index is 5.75. The Morgan fingerprint density at radius 2 is 1.88 bits per heavy atom. The van der Waals surface area contributed by atoms with Crippen LogP contribution in [0.25, 0.3) is 6.08 Å². The molecule has 2 atom stereocenters. The van der Waals surface area contributed by atoms with Gasteiger partial charge >= 0.3 is 0 Å². The summed E-state index contributed by atoms with van der Waals surface area (Å²) in [6.45, 7) is 0. The van der Waals surface area contributed by atoms with Crippen LogP contribution in [-0.2, 0) is 4.74 Å². The molecule has 0 aromatic heterocycles. The topological polar surface area (TPSA) is 9.23 Å². The van der Waals surface area contributed by atoms with Crippen LogP contribution in [0, 0.1) is 11.8 Å². The summed E-state index contributed by atoms with van der Waals surface area (Å²) >= 11 is 0. The van der Waals surface area contributed by atoms with E-state index in [1.807, 2.05) is 7.11 Å². The maximum absolute atomic E-state index is 5.75. The molecule has 16 heavy (non-hydrogen) atoms. The fraction of sp³-hybridized carbons (Fsp3) is 0.467. The van der Waals surface area contributed by atoms with Gasteiger partial charge in [-0.25, -0.2) is 0 Å². The lowest BCUT2D eigenvalue weighted by molar-refractivity contribution is 0.0876. The lowest BCUT2D eigenvalue weighted by Crippen LogP contribution is -2.15. The first-order valence-corrected chi connectivity index (χ1v) is 6.16. The molecular formula is C15H18O. The van der Waals surface area contributed by atoms with Crippen LogP contribution in [0.5, 0.6) is 0 Å². The monoisotopic (exact) mass is 214 g/mol. The molecule has 1 aromatic carbocycles. The molecule has 2 unspecified atom stereocenters. The molecule has 1 aromatic rings. The average Bonchev–Trinajstić information content (AvgIpc) is 2.72. The second-order valence-corrected chi connectivity index (χ2v) is 4.95. The second-order valence-electron chi connectivity index (χ2n) is 4.95. The highest BCUT2D eigenvalue weighted by atomic mass is 16.5. The summed E-state index contributed by atoms with van der Waals surface area (Å²) in [5, 5.41) is 0. The third-order valence-electron chi connectivity index (χ3n) is 4.26. The van der Waals surface area contributed by atoms with E-state index in [0.717, 1.165) is 11.8 Å². The van der Waals surface area contributed by atoms with Crippen LogP contribution in [-0.4, -0.2) is 12.7 Å². The molecule has 2 aliphatic carbocycles. The molecule has 2 fully saturated rings. The van der Waals surface area contributed by atoms with Crippen molar-refractivity contribution in [2.24, 2.45) is 11.8 Å². The van der Waals surface area contributed by atoms with Crippen LogP contribution in [0.2, 0.25) is 0 Å². The average molecular weight is 214 g/mol. The van der Waals surface area contributed by atoms with Gasteiger partial charge < -0.3 is 4.74 Å². The Morgan fingerprint density at radius 3 is 2.50 bits per heavy atom. The minimum absolute atomic E-state index is 0.0775. The standard InChI is InChI=1S/C15H18O/c1-16-15(13-8-5-9-14(13)15)11-10-12-6-3-2-4-7-12/h2-4,6-7,10-11,13-14H,5,8-9H2,1H3/b11-10+. The highest BCUT2D eigenvalue weighted by Crippen LogP contribution is 2.63. The number of rotatable bonds is 3. The fourth-order valence-electron chi connectivity index (χ4n) is 3.35. The van der Waals surface area contributed by atoms with Gasteiger partial charge in [0.1, 0.15) is 0 Å². The molecule has 3 rings (SSSR count). The van der Waals surface area contributed by atoms with E-state index < -0.39 is 0 Å². The summed E-state index contributed by atoms with van der Waals surface area (Å²) in [5.74, 6) is 1.58. The first-order valence-electron chi connectivity index (χ1n) is 6.16. The molecule has 1 nitrogen and oxygen atoms in total. The van der Waals surface area contributed by atoms with Crippen molar-refractivity contribution in [3.8, 4) is 0 Å². The number of methoxy groups -OCH3 is 1. The molecule has 84 valence electrons.